The van der Waals surface area contributed by atoms with Gasteiger partial charge in [-0.05, 0) is 58.4 Å². The van der Waals surface area contributed by atoms with Gasteiger partial charge in [-0.3, -0.25) is 4.68 Å². The molecule has 0 unspecified atom stereocenters. The van der Waals surface area contributed by atoms with Crippen LogP contribution >= 0.6 is 0 Å². The number of carbonyl (C=O) groups is 1. The summed E-state index contributed by atoms with van der Waals surface area (Å²) in [6.07, 6.45) is 5.19. The molecule has 0 N–H and O–H groups in total. The lowest BCUT2D eigenvalue weighted by Crippen LogP contribution is -2.46. The van der Waals surface area contributed by atoms with E-state index >= 15 is 0 Å². The van der Waals surface area contributed by atoms with Crippen LogP contribution in [0.15, 0.2) is 0 Å². The number of likely N-dealkylation sites (tertiary alicyclic amines) is 1. The van der Waals surface area contributed by atoms with Crippen molar-refractivity contribution in [3.63, 3.8) is 0 Å². The number of fused-ring (bicyclic) bond motifs is 2. The van der Waals surface area contributed by atoms with Gasteiger partial charge in [0.05, 0.1) is 5.69 Å². The summed E-state index contributed by atoms with van der Waals surface area (Å²) in [6.45, 7) is 9.49. The maximum absolute atomic E-state index is 12.3. The number of amides is 1. The average molecular weight is 319 g/mol. The van der Waals surface area contributed by atoms with E-state index in [-0.39, 0.29) is 11.5 Å². The highest BCUT2D eigenvalue weighted by Crippen LogP contribution is 2.47. The number of nitrogens with zero attached hydrogens (tertiary/aromatic N) is 3. The Labute approximate surface area is 139 Å². The monoisotopic (exact) mass is 319 g/mol. The molecular weight excluding hydrogens is 290 g/mol. The Morgan fingerprint density at radius 3 is 2.48 bits per heavy atom. The lowest BCUT2D eigenvalue weighted by Gasteiger charge is -2.40. The van der Waals surface area contributed by atoms with E-state index in [1.54, 1.807) is 0 Å². The summed E-state index contributed by atoms with van der Waals surface area (Å²) in [5.41, 5.74) is 3.95. The molecule has 0 saturated carbocycles. The number of piperidine rings is 1. The van der Waals surface area contributed by atoms with Gasteiger partial charge in [0.1, 0.15) is 5.60 Å². The summed E-state index contributed by atoms with van der Waals surface area (Å²) in [6, 6.07) is 0. The minimum Gasteiger partial charge on any atom is -0.444 e. The van der Waals surface area contributed by atoms with Gasteiger partial charge in [-0.2, -0.15) is 5.10 Å². The lowest BCUT2D eigenvalue weighted by atomic mass is 9.76. The number of ether oxygens (including phenoxy) is 1. The van der Waals surface area contributed by atoms with Gasteiger partial charge in [-0.25, -0.2) is 4.79 Å². The zero-order valence-electron chi connectivity index (χ0n) is 15.1. The molecule has 128 valence electrons. The highest BCUT2D eigenvalue weighted by molar-refractivity contribution is 5.68. The van der Waals surface area contributed by atoms with Crippen LogP contribution in [0.4, 0.5) is 4.79 Å². The van der Waals surface area contributed by atoms with Crippen molar-refractivity contribution in [2.45, 2.75) is 70.8 Å². The van der Waals surface area contributed by atoms with Crippen molar-refractivity contribution in [2.24, 2.45) is 7.05 Å². The Morgan fingerprint density at radius 2 is 1.91 bits per heavy atom. The molecule has 3 rings (SSSR count). The van der Waals surface area contributed by atoms with Crippen LogP contribution in [0.3, 0.4) is 0 Å². The molecule has 0 atom stereocenters. The van der Waals surface area contributed by atoms with Gasteiger partial charge < -0.3 is 9.64 Å². The Bertz CT molecular complexity index is 605. The number of carbonyl (C=O) groups excluding carboxylic acids is 1. The largest absolute Gasteiger partial charge is 0.444 e. The fraction of sp³-hybridized carbons (Fsp3) is 0.778. The van der Waals surface area contributed by atoms with Crippen molar-refractivity contribution >= 4 is 6.09 Å². The van der Waals surface area contributed by atoms with Gasteiger partial charge in [0.2, 0.25) is 0 Å². The molecule has 1 amide bonds. The summed E-state index contributed by atoms with van der Waals surface area (Å²) in [5, 5.41) is 4.71. The van der Waals surface area contributed by atoms with Gasteiger partial charge in [-0.15, -0.1) is 0 Å². The van der Waals surface area contributed by atoms with Gasteiger partial charge in [0.15, 0.2) is 0 Å². The molecule has 1 spiro atoms. The third-order valence-corrected chi connectivity index (χ3v) is 5.29. The Hall–Kier alpha value is -1.52. The summed E-state index contributed by atoms with van der Waals surface area (Å²) < 4.78 is 7.61. The van der Waals surface area contributed by atoms with E-state index in [2.05, 4.69) is 18.7 Å². The minimum absolute atomic E-state index is 0.176. The zero-order chi connectivity index (χ0) is 16.8. The third kappa shape index (κ3) is 2.86. The maximum Gasteiger partial charge on any atom is 0.410 e. The van der Waals surface area contributed by atoms with E-state index in [1.165, 1.54) is 23.4 Å². The predicted octanol–water partition coefficient (Wildman–Crippen LogP) is 3.20. The standard InChI is InChI=1S/C18H29N3O2/c1-6-14-13-7-8-18(15(13)20(5)19-14)9-11-21(12-10-18)16(22)23-17(2,3)4/h6-12H2,1-5H3. The van der Waals surface area contributed by atoms with Crippen LogP contribution in [-0.4, -0.2) is 39.5 Å². The van der Waals surface area contributed by atoms with E-state index in [1.807, 2.05) is 25.7 Å². The van der Waals surface area contributed by atoms with Crippen molar-refractivity contribution in [1.29, 1.82) is 0 Å². The summed E-state index contributed by atoms with van der Waals surface area (Å²) in [5.74, 6) is 0. The second kappa shape index (κ2) is 5.53. The predicted molar refractivity (Wildman–Crippen MR) is 89.6 cm³/mol. The van der Waals surface area contributed by atoms with Crippen molar-refractivity contribution in [3.8, 4) is 0 Å². The summed E-state index contributed by atoms with van der Waals surface area (Å²) in [7, 11) is 2.07. The maximum atomic E-state index is 12.3. The lowest BCUT2D eigenvalue weighted by molar-refractivity contribution is 0.0160. The number of rotatable bonds is 1. The molecule has 0 radical (unpaired) electrons. The third-order valence-electron chi connectivity index (χ3n) is 5.29. The second-order valence-electron chi connectivity index (χ2n) is 8.00. The molecule has 2 aliphatic rings. The molecule has 1 aromatic heterocycles. The van der Waals surface area contributed by atoms with E-state index in [9.17, 15) is 4.79 Å². The smallest absolute Gasteiger partial charge is 0.410 e. The molecule has 0 aromatic carbocycles. The van der Waals surface area contributed by atoms with Gasteiger partial charge in [-0.1, -0.05) is 6.92 Å². The summed E-state index contributed by atoms with van der Waals surface area (Å²) in [4.78, 5) is 14.1. The number of aromatic nitrogens is 2. The van der Waals surface area contributed by atoms with E-state index in [0.717, 1.165) is 38.8 Å². The van der Waals surface area contributed by atoms with Gasteiger partial charge >= 0.3 is 6.09 Å². The van der Waals surface area contributed by atoms with Crippen LogP contribution in [0.2, 0.25) is 0 Å². The fourth-order valence-electron chi connectivity index (χ4n) is 4.25. The molecule has 1 fully saturated rings. The Balaban J connectivity index is 1.73. The van der Waals surface area contributed by atoms with Crippen LogP contribution in [0.25, 0.3) is 0 Å². The highest BCUT2D eigenvalue weighted by atomic mass is 16.6. The van der Waals surface area contributed by atoms with Crippen LogP contribution in [-0.2, 0) is 30.0 Å². The van der Waals surface area contributed by atoms with E-state index in [0.29, 0.717) is 0 Å². The molecule has 2 heterocycles. The zero-order valence-corrected chi connectivity index (χ0v) is 15.1. The SMILES string of the molecule is CCc1nn(C)c2c1CCC21CCN(C(=O)OC(C)(C)C)CC1. The molecule has 23 heavy (non-hydrogen) atoms. The second-order valence-corrected chi connectivity index (χ2v) is 8.00. The van der Waals surface area contributed by atoms with Gasteiger partial charge in [0.25, 0.3) is 0 Å². The number of aryl methyl sites for hydroxylation is 2. The first-order chi connectivity index (χ1) is 10.8. The Kier molecular flexibility index (Phi) is 3.93. The topological polar surface area (TPSA) is 47.4 Å². The normalized spacial score (nSPS) is 20.0. The number of hydrogen-bond donors (Lipinski definition) is 0. The highest BCUT2D eigenvalue weighted by Gasteiger charge is 2.45. The minimum atomic E-state index is -0.426. The van der Waals surface area contributed by atoms with Crippen molar-refractivity contribution in [1.82, 2.24) is 14.7 Å². The molecule has 1 saturated heterocycles. The molecule has 0 bridgehead atoms. The van der Waals surface area contributed by atoms with Crippen LogP contribution in [0.1, 0.15) is 63.9 Å². The quantitative estimate of drug-likeness (QED) is 0.798. The first-order valence-electron chi connectivity index (χ1n) is 8.79. The summed E-state index contributed by atoms with van der Waals surface area (Å²) >= 11 is 0. The molecule has 1 aliphatic heterocycles. The van der Waals surface area contributed by atoms with Crippen molar-refractivity contribution in [2.75, 3.05) is 13.1 Å². The van der Waals surface area contributed by atoms with E-state index < -0.39 is 5.60 Å². The van der Waals surface area contributed by atoms with Crippen LogP contribution in [0.5, 0.6) is 0 Å². The molecule has 1 aliphatic carbocycles. The van der Waals surface area contributed by atoms with Crippen molar-refractivity contribution < 1.29 is 9.53 Å². The molecule has 1 aromatic rings. The Morgan fingerprint density at radius 1 is 1.26 bits per heavy atom. The molecular formula is C18H29N3O2. The van der Waals surface area contributed by atoms with Crippen LogP contribution in [0, 0.1) is 0 Å². The fourth-order valence-corrected chi connectivity index (χ4v) is 4.25. The number of hydrogen-bond acceptors (Lipinski definition) is 3. The van der Waals surface area contributed by atoms with Gasteiger partial charge in [0, 0.05) is 31.2 Å². The molecule has 5 nitrogen and oxygen atoms in total. The van der Waals surface area contributed by atoms with E-state index in [4.69, 9.17) is 9.84 Å². The first kappa shape index (κ1) is 16.3. The van der Waals surface area contributed by atoms with Crippen molar-refractivity contribution in [3.05, 3.63) is 17.0 Å². The average Bonchev–Trinajstić information content (AvgIpc) is 2.98. The first-order valence-corrected chi connectivity index (χ1v) is 8.79. The molecule has 5 heteroatoms. The van der Waals surface area contributed by atoms with Crippen LogP contribution < -0.4 is 0 Å².